The summed E-state index contributed by atoms with van der Waals surface area (Å²) < 4.78 is 0. The summed E-state index contributed by atoms with van der Waals surface area (Å²) >= 11 is 0. The van der Waals surface area contributed by atoms with Crippen molar-refractivity contribution in [3.63, 3.8) is 0 Å². The lowest BCUT2D eigenvalue weighted by atomic mass is 9.89. The van der Waals surface area contributed by atoms with Gasteiger partial charge in [-0.3, -0.25) is 19.8 Å². The van der Waals surface area contributed by atoms with Crippen LogP contribution in [0.4, 0.5) is 11.4 Å². The molecule has 2 N–H and O–H groups in total. The third kappa shape index (κ3) is 4.77. The van der Waals surface area contributed by atoms with E-state index >= 15 is 0 Å². The van der Waals surface area contributed by atoms with Crippen molar-refractivity contribution in [1.29, 1.82) is 0 Å². The van der Waals surface area contributed by atoms with Gasteiger partial charge in [0.25, 0.3) is 5.69 Å². The van der Waals surface area contributed by atoms with Gasteiger partial charge in [-0.1, -0.05) is 26.0 Å². The molecule has 1 fully saturated rings. The predicted molar refractivity (Wildman–Crippen MR) is 122 cm³/mol. The minimum atomic E-state index is -0.367. The number of nitrogens with zero attached hydrogens (tertiary/aromatic N) is 2. The number of benzene rings is 2. The Hall–Kier alpha value is -3.19. The van der Waals surface area contributed by atoms with Gasteiger partial charge in [-0.05, 0) is 61.2 Å². The number of likely N-dealkylation sites (tertiary alicyclic amines) is 1. The lowest BCUT2D eigenvalue weighted by molar-refractivity contribution is -0.384. The van der Waals surface area contributed by atoms with Crippen LogP contribution >= 0.6 is 0 Å². The number of carbonyl (C=O) groups excluding carboxylic acids is 1. The summed E-state index contributed by atoms with van der Waals surface area (Å²) in [6.07, 6.45) is 4.09. The Morgan fingerprint density at radius 2 is 2.00 bits per heavy atom. The zero-order valence-corrected chi connectivity index (χ0v) is 17.9. The largest absolute Gasteiger partial charge is 0.361 e. The van der Waals surface area contributed by atoms with Gasteiger partial charge in [-0.2, -0.15) is 0 Å². The van der Waals surface area contributed by atoms with Crippen LogP contribution in [0.2, 0.25) is 0 Å². The van der Waals surface area contributed by atoms with E-state index in [-0.39, 0.29) is 22.4 Å². The fourth-order valence-corrected chi connectivity index (χ4v) is 4.24. The van der Waals surface area contributed by atoms with E-state index in [1.54, 1.807) is 12.1 Å². The second kappa shape index (κ2) is 8.89. The average Bonchev–Trinajstić information content (AvgIpc) is 3.16. The van der Waals surface area contributed by atoms with E-state index in [1.807, 2.05) is 38.2 Å². The van der Waals surface area contributed by atoms with Crippen LogP contribution in [0.25, 0.3) is 10.9 Å². The van der Waals surface area contributed by atoms with E-state index < -0.39 is 0 Å². The molecule has 4 rings (SSSR count). The Labute approximate surface area is 181 Å². The highest BCUT2D eigenvalue weighted by Crippen LogP contribution is 2.31. The van der Waals surface area contributed by atoms with Crippen molar-refractivity contribution in [3.05, 3.63) is 69.9 Å². The molecule has 0 unspecified atom stereocenters. The SMILES string of the molecule is CC(C)C(=O)Nc1cccc(C2CCN(Cc3c[nH]c4cc([N+](=O)[O-])ccc34)CC2)c1. The van der Waals surface area contributed by atoms with Crippen LogP contribution < -0.4 is 5.32 Å². The van der Waals surface area contributed by atoms with E-state index in [0.717, 1.165) is 49.1 Å². The summed E-state index contributed by atoms with van der Waals surface area (Å²) in [5.41, 5.74) is 4.22. The first-order valence-corrected chi connectivity index (χ1v) is 10.8. The normalized spacial score (nSPS) is 15.5. The summed E-state index contributed by atoms with van der Waals surface area (Å²) in [7, 11) is 0. The van der Waals surface area contributed by atoms with E-state index in [4.69, 9.17) is 0 Å². The Kier molecular flexibility index (Phi) is 6.04. The van der Waals surface area contributed by atoms with Gasteiger partial charge in [0.1, 0.15) is 0 Å². The van der Waals surface area contributed by atoms with Crippen molar-refractivity contribution in [1.82, 2.24) is 9.88 Å². The first-order valence-electron chi connectivity index (χ1n) is 10.8. The molecule has 7 heteroatoms. The summed E-state index contributed by atoms with van der Waals surface area (Å²) in [5.74, 6) is 0.483. The molecule has 31 heavy (non-hydrogen) atoms. The van der Waals surface area contributed by atoms with Crippen molar-refractivity contribution in [2.75, 3.05) is 18.4 Å². The van der Waals surface area contributed by atoms with Crippen LogP contribution in [0.1, 0.15) is 43.7 Å². The molecule has 0 atom stereocenters. The van der Waals surface area contributed by atoms with Gasteiger partial charge < -0.3 is 10.3 Å². The fraction of sp³-hybridized carbons (Fsp3) is 0.375. The molecule has 1 amide bonds. The first-order chi connectivity index (χ1) is 14.9. The molecule has 0 aliphatic carbocycles. The lowest BCUT2D eigenvalue weighted by Gasteiger charge is -2.32. The summed E-state index contributed by atoms with van der Waals surface area (Å²) in [5, 5.41) is 15.0. The number of fused-ring (bicyclic) bond motifs is 1. The summed E-state index contributed by atoms with van der Waals surface area (Å²) in [4.78, 5) is 28.2. The minimum absolute atomic E-state index is 0.0380. The second-order valence-corrected chi connectivity index (χ2v) is 8.62. The average molecular weight is 421 g/mol. The van der Waals surface area contributed by atoms with E-state index in [9.17, 15) is 14.9 Å². The zero-order valence-electron chi connectivity index (χ0n) is 17.9. The number of hydrogen-bond donors (Lipinski definition) is 2. The monoisotopic (exact) mass is 420 g/mol. The maximum Gasteiger partial charge on any atom is 0.271 e. The van der Waals surface area contributed by atoms with Gasteiger partial charge in [0.15, 0.2) is 0 Å². The third-order valence-corrected chi connectivity index (χ3v) is 6.09. The van der Waals surface area contributed by atoms with Crippen LogP contribution in [-0.2, 0) is 11.3 Å². The highest BCUT2D eigenvalue weighted by Gasteiger charge is 2.22. The minimum Gasteiger partial charge on any atom is -0.361 e. The topological polar surface area (TPSA) is 91.3 Å². The van der Waals surface area contributed by atoms with Crippen molar-refractivity contribution in [3.8, 4) is 0 Å². The smallest absolute Gasteiger partial charge is 0.271 e. The number of aromatic amines is 1. The Morgan fingerprint density at radius 1 is 1.23 bits per heavy atom. The number of rotatable bonds is 6. The maximum absolute atomic E-state index is 12.0. The molecule has 0 spiro atoms. The number of nitro groups is 1. The molecule has 3 aromatic rings. The predicted octanol–water partition coefficient (Wildman–Crippen LogP) is 5.05. The number of non-ortho nitro benzene ring substituents is 1. The maximum atomic E-state index is 12.0. The van der Waals surface area contributed by atoms with E-state index in [1.165, 1.54) is 11.1 Å². The highest BCUT2D eigenvalue weighted by molar-refractivity contribution is 5.92. The Balaban J connectivity index is 1.38. The van der Waals surface area contributed by atoms with Crippen LogP contribution in [0.15, 0.2) is 48.7 Å². The number of aromatic nitrogens is 1. The Bertz CT molecular complexity index is 1100. The van der Waals surface area contributed by atoms with Crippen molar-refractivity contribution in [2.24, 2.45) is 5.92 Å². The van der Waals surface area contributed by atoms with Gasteiger partial charge in [-0.25, -0.2) is 0 Å². The van der Waals surface area contributed by atoms with Crippen LogP contribution in [0, 0.1) is 16.0 Å². The van der Waals surface area contributed by atoms with E-state index in [2.05, 4.69) is 27.3 Å². The molecule has 1 aromatic heterocycles. The molecule has 162 valence electrons. The second-order valence-electron chi connectivity index (χ2n) is 8.62. The molecule has 1 saturated heterocycles. The number of nitro benzene ring substituents is 1. The van der Waals surface area contributed by atoms with E-state index in [0.29, 0.717) is 5.92 Å². The number of amides is 1. The first kappa shape index (κ1) is 21.1. The quantitative estimate of drug-likeness (QED) is 0.431. The summed E-state index contributed by atoms with van der Waals surface area (Å²) in [6.45, 7) is 6.60. The third-order valence-electron chi connectivity index (χ3n) is 6.09. The van der Waals surface area contributed by atoms with Crippen LogP contribution in [0.5, 0.6) is 0 Å². The molecule has 1 aliphatic rings. The van der Waals surface area contributed by atoms with Gasteiger partial charge in [0, 0.05) is 41.9 Å². The number of hydrogen-bond acceptors (Lipinski definition) is 4. The molecule has 0 radical (unpaired) electrons. The summed E-state index contributed by atoms with van der Waals surface area (Å²) in [6, 6.07) is 13.2. The number of carbonyl (C=O) groups is 1. The standard InChI is InChI=1S/C24H28N4O3/c1-16(2)24(29)26-20-5-3-4-18(12-20)17-8-10-27(11-9-17)15-19-14-25-23-13-21(28(30)31)6-7-22(19)23/h3-7,12-14,16-17,25H,8-11,15H2,1-2H3,(H,26,29). The molecular weight excluding hydrogens is 392 g/mol. The highest BCUT2D eigenvalue weighted by atomic mass is 16.6. The molecule has 2 aromatic carbocycles. The van der Waals surface area contributed by atoms with Gasteiger partial charge in [0.05, 0.1) is 10.4 Å². The number of H-pyrrole nitrogens is 1. The van der Waals surface area contributed by atoms with Crippen molar-refractivity contribution < 1.29 is 9.72 Å². The molecule has 2 heterocycles. The number of piperidine rings is 1. The molecule has 0 bridgehead atoms. The molecule has 7 nitrogen and oxygen atoms in total. The van der Waals surface area contributed by atoms with Crippen molar-refractivity contribution in [2.45, 2.75) is 39.2 Å². The zero-order chi connectivity index (χ0) is 22.0. The van der Waals surface area contributed by atoms with Crippen LogP contribution in [0.3, 0.4) is 0 Å². The van der Waals surface area contributed by atoms with Gasteiger partial charge in [0.2, 0.25) is 5.91 Å². The lowest BCUT2D eigenvalue weighted by Crippen LogP contribution is -2.32. The number of nitrogens with one attached hydrogen (secondary N) is 2. The van der Waals surface area contributed by atoms with Crippen molar-refractivity contribution >= 4 is 28.2 Å². The van der Waals surface area contributed by atoms with Crippen LogP contribution in [-0.4, -0.2) is 33.8 Å². The number of anilines is 1. The van der Waals surface area contributed by atoms with Gasteiger partial charge >= 0.3 is 0 Å². The molecule has 1 aliphatic heterocycles. The molecule has 0 saturated carbocycles. The fourth-order valence-electron chi connectivity index (χ4n) is 4.24. The molecular formula is C24H28N4O3. The van der Waals surface area contributed by atoms with Gasteiger partial charge in [-0.15, -0.1) is 0 Å². The Morgan fingerprint density at radius 3 is 2.71 bits per heavy atom.